The average molecular weight is 106 g/mol. The van der Waals surface area contributed by atoms with Crippen LogP contribution in [-0.4, -0.2) is 29.4 Å². The van der Waals surface area contributed by atoms with E-state index in [0.29, 0.717) is 0 Å². The smallest absolute Gasteiger partial charge is 0.219 e. The molecule has 0 bridgehead atoms. The van der Waals surface area contributed by atoms with E-state index in [2.05, 4.69) is 9.62 Å². The van der Waals surface area contributed by atoms with Crippen LogP contribution in [0.1, 0.15) is 0 Å². The second-order valence-electron chi connectivity index (χ2n) is 1.37. The van der Waals surface area contributed by atoms with Crippen LogP contribution in [0.25, 0.3) is 0 Å². The molecule has 2 N–H and O–H groups in total. The van der Waals surface area contributed by atoms with E-state index in [1.807, 2.05) is 0 Å². The number of ether oxygens (including phenoxy) is 1. The minimum atomic E-state index is -0.806. The van der Waals surface area contributed by atoms with Crippen LogP contribution >= 0.6 is 0 Å². The van der Waals surface area contributed by atoms with Crippen molar-refractivity contribution < 1.29 is 20.0 Å². The largest absolute Gasteiger partial charge is 0.385 e. The molecule has 0 radical (unpaired) electrons. The summed E-state index contributed by atoms with van der Waals surface area (Å²) in [6, 6.07) is 0. The van der Waals surface area contributed by atoms with Gasteiger partial charge in [0.05, 0.1) is 6.61 Å². The van der Waals surface area contributed by atoms with Gasteiger partial charge in [0, 0.05) is 0 Å². The maximum Gasteiger partial charge on any atom is 0.219 e. The summed E-state index contributed by atoms with van der Waals surface area (Å²) >= 11 is 0. The second-order valence-corrected chi connectivity index (χ2v) is 1.37. The Morgan fingerprint density at radius 3 is 2.43 bits per heavy atom. The fraction of sp³-hybridized carbons (Fsp3) is 1.00. The maximum absolute atomic E-state index is 8.50. The molecule has 0 saturated carbocycles. The van der Waals surface area contributed by atoms with Gasteiger partial charge in [0.1, 0.15) is 6.10 Å². The molecule has 0 aromatic rings. The highest BCUT2D eigenvalue weighted by Gasteiger charge is 2.30. The van der Waals surface area contributed by atoms with Gasteiger partial charge in [-0.2, -0.15) is 0 Å². The molecule has 4 nitrogen and oxygen atoms in total. The van der Waals surface area contributed by atoms with Crippen LogP contribution in [0.5, 0.6) is 0 Å². The molecule has 0 amide bonds. The van der Waals surface area contributed by atoms with Crippen LogP contribution in [0.4, 0.5) is 0 Å². The Kier molecular flexibility index (Phi) is 1.25. The number of aliphatic hydroxyl groups is 1. The highest BCUT2D eigenvalue weighted by Crippen LogP contribution is 2.10. The highest BCUT2D eigenvalue weighted by atomic mass is 17.1. The average Bonchev–Trinajstić information content (AvgIpc) is 1.65. The van der Waals surface area contributed by atoms with Crippen LogP contribution in [0.3, 0.4) is 0 Å². The van der Waals surface area contributed by atoms with Crippen molar-refractivity contribution in [2.45, 2.75) is 12.4 Å². The van der Waals surface area contributed by atoms with Gasteiger partial charge in [-0.25, -0.2) is 10.1 Å². The van der Waals surface area contributed by atoms with Crippen LogP contribution in [0.2, 0.25) is 0 Å². The van der Waals surface area contributed by atoms with Crippen molar-refractivity contribution in [1.29, 1.82) is 0 Å². The monoisotopic (exact) mass is 106 g/mol. The van der Waals surface area contributed by atoms with Gasteiger partial charge in [-0.3, -0.25) is 0 Å². The molecule has 7 heavy (non-hydrogen) atoms. The van der Waals surface area contributed by atoms with Gasteiger partial charge in [0.2, 0.25) is 6.29 Å². The standard InChI is InChI=1S/C3H6O4/c4-2-1-6-3(2)7-5/h2-5H,1H2/t2?,3-/m1/s1. The summed E-state index contributed by atoms with van der Waals surface area (Å²) in [5.41, 5.74) is 0. The van der Waals surface area contributed by atoms with Crippen molar-refractivity contribution in [3.05, 3.63) is 0 Å². The Morgan fingerprint density at radius 1 is 1.71 bits per heavy atom. The Balaban J connectivity index is 2.16. The van der Waals surface area contributed by atoms with Crippen LogP contribution in [0, 0.1) is 0 Å². The Hall–Kier alpha value is -0.160. The number of hydrogen-bond donors (Lipinski definition) is 2. The van der Waals surface area contributed by atoms with E-state index in [4.69, 9.17) is 10.4 Å². The first-order valence-corrected chi connectivity index (χ1v) is 1.94. The van der Waals surface area contributed by atoms with Gasteiger partial charge in [0.25, 0.3) is 0 Å². The van der Waals surface area contributed by atoms with E-state index in [1.54, 1.807) is 0 Å². The third kappa shape index (κ3) is 0.733. The number of rotatable bonds is 1. The summed E-state index contributed by atoms with van der Waals surface area (Å²) < 4.78 is 4.47. The minimum Gasteiger partial charge on any atom is -0.385 e. The molecule has 0 aliphatic carbocycles. The third-order valence-electron chi connectivity index (χ3n) is 0.849. The van der Waals surface area contributed by atoms with Crippen molar-refractivity contribution in [2.75, 3.05) is 6.61 Å². The third-order valence-corrected chi connectivity index (χ3v) is 0.849. The van der Waals surface area contributed by atoms with Gasteiger partial charge in [-0.05, 0) is 0 Å². The van der Waals surface area contributed by atoms with Crippen molar-refractivity contribution >= 4 is 0 Å². The Morgan fingerprint density at radius 2 is 2.43 bits per heavy atom. The second kappa shape index (κ2) is 1.75. The predicted molar refractivity (Wildman–Crippen MR) is 19.5 cm³/mol. The minimum absolute atomic E-state index is 0.255. The molecule has 0 spiro atoms. The zero-order chi connectivity index (χ0) is 5.28. The van der Waals surface area contributed by atoms with E-state index in [9.17, 15) is 0 Å². The SMILES string of the molecule is OO[C@H]1OCC1O. The zero-order valence-corrected chi connectivity index (χ0v) is 3.57. The maximum atomic E-state index is 8.50. The lowest BCUT2D eigenvalue weighted by Gasteiger charge is -2.28. The van der Waals surface area contributed by atoms with Crippen LogP contribution in [-0.2, 0) is 9.62 Å². The van der Waals surface area contributed by atoms with Gasteiger partial charge in [-0.1, -0.05) is 0 Å². The summed E-state index contributed by atoms with van der Waals surface area (Å²) in [5, 5.41) is 16.3. The lowest BCUT2D eigenvalue weighted by atomic mass is 10.3. The van der Waals surface area contributed by atoms with Gasteiger partial charge >= 0.3 is 0 Å². The summed E-state index contributed by atoms with van der Waals surface area (Å²) in [5.74, 6) is 0. The molecule has 2 atom stereocenters. The first-order valence-electron chi connectivity index (χ1n) is 1.94. The molecule has 1 heterocycles. The molecule has 1 fully saturated rings. The van der Waals surface area contributed by atoms with Crippen molar-refractivity contribution in [3.63, 3.8) is 0 Å². The van der Waals surface area contributed by atoms with Crippen molar-refractivity contribution in [1.82, 2.24) is 0 Å². The molecule has 1 aliphatic rings. The molecule has 1 rings (SSSR count). The van der Waals surface area contributed by atoms with Crippen molar-refractivity contribution in [2.24, 2.45) is 0 Å². The predicted octanol–water partition coefficient (Wildman–Crippen LogP) is -0.807. The fourth-order valence-corrected chi connectivity index (χ4v) is 0.362. The highest BCUT2D eigenvalue weighted by molar-refractivity contribution is 4.66. The molecule has 0 aromatic carbocycles. The van der Waals surface area contributed by atoms with E-state index in [1.165, 1.54) is 0 Å². The normalized spacial score (nSPS) is 40.3. The summed E-state index contributed by atoms with van der Waals surface area (Å²) in [7, 11) is 0. The number of aliphatic hydroxyl groups excluding tert-OH is 1. The van der Waals surface area contributed by atoms with Gasteiger partial charge < -0.3 is 9.84 Å². The van der Waals surface area contributed by atoms with E-state index in [0.717, 1.165) is 0 Å². The first kappa shape index (κ1) is 4.99. The molecule has 1 aliphatic heterocycles. The molecular weight excluding hydrogens is 100 g/mol. The summed E-state index contributed by atoms with van der Waals surface area (Å²) in [6.45, 7) is 0.255. The lowest BCUT2D eigenvalue weighted by molar-refractivity contribution is -0.409. The van der Waals surface area contributed by atoms with Gasteiger partial charge in [-0.15, -0.1) is 0 Å². The van der Waals surface area contributed by atoms with Crippen molar-refractivity contribution in [3.8, 4) is 0 Å². The molecule has 0 aromatic heterocycles. The Labute approximate surface area is 40.2 Å². The van der Waals surface area contributed by atoms with E-state index < -0.39 is 12.4 Å². The summed E-state index contributed by atoms with van der Waals surface area (Å²) in [4.78, 5) is 3.63. The lowest BCUT2D eigenvalue weighted by Crippen LogP contribution is -2.45. The topological polar surface area (TPSA) is 58.9 Å². The molecule has 4 heteroatoms. The molecule has 1 unspecified atom stereocenters. The first-order chi connectivity index (χ1) is 3.34. The molecule has 42 valence electrons. The summed E-state index contributed by atoms with van der Waals surface area (Å²) in [6.07, 6.45) is -1.45. The fourth-order valence-electron chi connectivity index (χ4n) is 0.362. The van der Waals surface area contributed by atoms with Crippen LogP contribution < -0.4 is 0 Å². The zero-order valence-electron chi connectivity index (χ0n) is 3.57. The Bertz CT molecular complexity index is 62.0. The molecule has 1 saturated heterocycles. The van der Waals surface area contributed by atoms with Gasteiger partial charge in [0.15, 0.2) is 0 Å². The quantitative estimate of drug-likeness (QED) is 0.339. The van der Waals surface area contributed by atoms with E-state index >= 15 is 0 Å². The van der Waals surface area contributed by atoms with Crippen LogP contribution in [0.15, 0.2) is 0 Å². The molecular formula is C3H6O4. The van der Waals surface area contributed by atoms with E-state index in [-0.39, 0.29) is 6.61 Å². The number of hydrogen-bond acceptors (Lipinski definition) is 4.